The quantitative estimate of drug-likeness (QED) is 0.225. The Bertz CT molecular complexity index is 1520. The maximum atomic E-state index is 6.54. The van der Waals surface area contributed by atoms with Gasteiger partial charge in [-0.3, -0.25) is 0 Å². The second-order valence-electron chi connectivity index (χ2n) is 16.0. The summed E-state index contributed by atoms with van der Waals surface area (Å²) in [5.41, 5.74) is 7.93. The van der Waals surface area contributed by atoms with Gasteiger partial charge in [-0.15, -0.1) is 0 Å². The molecule has 0 unspecified atom stereocenters. The molecule has 3 aromatic carbocycles. The van der Waals surface area contributed by atoms with Crippen LogP contribution in [-0.4, -0.2) is 22.9 Å². The van der Waals surface area contributed by atoms with Crippen LogP contribution in [0, 0.1) is 0 Å². The van der Waals surface area contributed by atoms with Crippen molar-refractivity contribution in [3.63, 3.8) is 0 Å². The van der Waals surface area contributed by atoms with E-state index < -0.39 is 18.3 Å². The third kappa shape index (κ3) is 5.82. The van der Waals surface area contributed by atoms with Crippen molar-refractivity contribution in [2.24, 2.45) is 0 Å². The number of aromatic nitrogens is 1. The molecule has 0 bridgehead atoms. The molecule has 0 amide bonds. The van der Waals surface area contributed by atoms with E-state index in [0.29, 0.717) is 0 Å². The van der Waals surface area contributed by atoms with Gasteiger partial charge in [-0.05, 0) is 102 Å². The second-order valence-corrected chi connectivity index (χ2v) is 16.0. The fraction of sp³-hybridized carbons (Fsp3) is 0.526. The van der Waals surface area contributed by atoms with E-state index in [1.54, 1.807) is 0 Å². The standard InChI is InChI=1S/C36H48BNO2.C2H6/c1-32(2,3)23-14-16-30-28(20-23)29-21-24(33(4,5)6)15-17-31(29)38(30)27-19-25(34(7,8)9)18-26(22-27)37-39-35(10,11)36(12,13)40-37;1-2/h14-22H,1-13H3;1-2H3. The lowest BCUT2D eigenvalue weighted by Gasteiger charge is -2.32. The first-order chi connectivity index (χ1) is 19.2. The molecule has 0 atom stereocenters. The lowest BCUT2D eigenvalue weighted by Crippen LogP contribution is -2.41. The van der Waals surface area contributed by atoms with Gasteiger partial charge < -0.3 is 13.9 Å². The van der Waals surface area contributed by atoms with Crippen LogP contribution in [0.1, 0.15) is 121 Å². The first-order valence-corrected chi connectivity index (χ1v) is 15.8. The zero-order valence-electron chi connectivity index (χ0n) is 29.0. The molecule has 0 saturated carbocycles. The summed E-state index contributed by atoms with van der Waals surface area (Å²) in [6.45, 7) is 33.0. The van der Waals surface area contributed by atoms with Crippen LogP contribution < -0.4 is 5.46 Å². The summed E-state index contributed by atoms with van der Waals surface area (Å²) in [5.74, 6) is 0. The summed E-state index contributed by atoms with van der Waals surface area (Å²) in [6.07, 6.45) is 0. The van der Waals surface area contributed by atoms with Gasteiger partial charge in [-0.1, -0.05) is 94.4 Å². The molecule has 1 aliphatic rings. The largest absolute Gasteiger partial charge is 0.494 e. The highest BCUT2D eigenvalue weighted by Crippen LogP contribution is 2.40. The van der Waals surface area contributed by atoms with Gasteiger partial charge >= 0.3 is 7.12 Å². The van der Waals surface area contributed by atoms with Crippen molar-refractivity contribution >= 4 is 34.4 Å². The Hall–Kier alpha value is -2.56. The summed E-state index contributed by atoms with van der Waals surface area (Å²) in [4.78, 5) is 0. The Morgan fingerprint density at radius 2 is 0.952 bits per heavy atom. The fourth-order valence-corrected chi connectivity index (χ4v) is 5.55. The molecule has 1 aromatic heterocycles. The molecule has 1 fully saturated rings. The number of rotatable bonds is 2. The Labute approximate surface area is 256 Å². The molecule has 0 aliphatic carbocycles. The van der Waals surface area contributed by atoms with Gasteiger partial charge in [0.2, 0.25) is 0 Å². The maximum absolute atomic E-state index is 6.54. The Morgan fingerprint density at radius 1 is 0.548 bits per heavy atom. The summed E-state index contributed by atoms with van der Waals surface area (Å²) < 4.78 is 15.5. The van der Waals surface area contributed by atoms with E-state index in [2.05, 4.69) is 149 Å². The smallest absolute Gasteiger partial charge is 0.399 e. The van der Waals surface area contributed by atoms with Crippen molar-refractivity contribution in [2.75, 3.05) is 0 Å². The molecule has 1 aliphatic heterocycles. The SMILES string of the molecule is CC.CC(C)(C)c1cc(B2OC(C)(C)C(C)(C)O2)cc(-n2c3ccc(C(C)(C)C)cc3c3cc(C(C)(C)C)ccc32)c1. The molecule has 2 heterocycles. The Kier molecular flexibility index (Phi) is 8.14. The molecular formula is C38H54BNO2. The van der Waals surface area contributed by atoms with Gasteiger partial charge in [-0.2, -0.15) is 0 Å². The second kappa shape index (κ2) is 10.6. The van der Waals surface area contributed by atoms with Gasteiger partial charge in [0.15, 0.2) is 0 Å². The van der Waals surface area contributed by atoms with Crippen LogP contribution in [0.2, 0.25) is 0 Å². The third-order valence-corrected chi connectivity index (χ3v) is 9.09. The fourth-order valence-electron chi connectivity index (χ4n) is 5.55. The number of benzene rings is 3. The van der Waals surface area contributed by atoms with Gasteiger partial charge in [0.25, 0.3) is 0 Å². The predicted molar refractivity (Wildman–Crippen MR) is 184 cm³/mol. The van der Waals surface area contributed by atoms with E-state index in [4.69, 9.17) is 9.31 Å². The van der Waals surface area contributed by atoms with E-state index in [1.165, 1.54) is 38.5 Å². The van der Waals surface area contributed by atoms with E-state index in [9.17, 15) is 0 Å². The Morgan fingerprint density at radius 3 is 1.33 bits per heavy atom. The normalized spacial score (nSPS) is 17.1. The molecule has 5 rings (SSSR count). The van der Waals surface area contributed by atoms with Crippen LogP contribution in [0.3, 0.4) is 0 Å². The maximum Gasteiger partial charge on any atom is 0.494 e. The molecule has 0 spiro atoms. The molecule has 226 valence electrons. The van der Waals surface area contributed by atoms with Crippen LogP contribution >= 0.6 is 0 Å². The molecule has 4 heteroatoms. The first kappa shape index (κ1) is 32.4. The minimum absolute atomic E-state index is 0.0357. The van der Waals surface area contributed by atoms with Crippen molar-refractivity contribution in [2.45, 2.75) is 131 Å². The molecular weight excluding hydrogens is 513 g/mol. The van der Waals surface area contributed by atoms with Crippen LogP contribution in [0.15, 0.2) is 54.6 Å². The molecule has 3 nitrogen and oxygen atoms in total. The summed E-state index contributed by atoms with van der Waals surface area (Å²) in [7, 11) is -0.417. The topological polar surface area (TPSA) is 23.4 Å². The van der Waals surface area contributed by atoms with Crippen molar-refractivity contribution in [1.82, 2.24) is 4.57 Å². The zero-order chi connectivity index (χ0) is 31.6. The van der Waals surface area contributed by atoms with E-state index >= 15 is 0 Å². The summed E-state index contributed by atoms with van der Waals surface area (Å²) in [6, 6.07) is 20.9. The number of hydrogen-bond acceptors (Lipinski definition) is 2. The third-order valence-electron chi connectivity index (χ3n) is 9.09. The van der Waals surface area contributed by atoms with Gasteiger partial charge in [0.05, 0.1) is 22.2 Å². The van der Waals surface area contributed by atoms with Crippen molar-refractivity contribution in [1.29, 1.82) is 0 Å². The highest BCUT2D eigenvalue weighted by molar-refractivity contribution is 6.62. The average Bonchev–Trinajstić information content (AvgIpc) is 3.32. The van der Waals surface area contributed by atoms with Crippen LogP contribution in [-0.2, 0) is 25.6 Å². The molecule has 4 aromatic rings. The molecule has 0 N–H and O–H groups in total. The van der Waals surface area contributed by atoms with Crippen molar-refractivity contribution in [3.8, 4) is 5.69 Å². The Balaban J connectivity index is 0.00000198. The summed E-state index contributed by atoms with van der Waals surface area (Å²) >= 11 is 0. The van der Waals surface area contributed by atoms with E-state index in [0.717, 1.165) is 11.2 Å². The van der Waals surface area contributed by atoms with Crippen molar-refractivity contribution in [3.05, 3.63) is 71.3 Å². The molecule has 1 saturated heterocycles. The number of nitrogens with zero attached hydrogens (tertiary/aromatic N) is 1. The molecule has 0 radical (unpaired) electrons. The van der Waals surface area contributed by atoms with E-state index in [1.807, 2.05) is 13.8 Å². The zero-order valence-corrected chi connectivity index (χ0v) is 29.0. The first-order valence-electron chi connectivity index (χ1n) is 15.8. The van der Waals surface area contributed by atoms with Crippen molar-refractivity contribution < 1.29 is 9.31 Å². The minimum Gasteiger partial charge on any atom is -0.399 e. The van der Waals surface area contributed by atoms with Crippen LogP contribution in [0.4, 0.5) is 0 Å². The lowest BCUT2D eigenvalue weighted by molar-refractivity contribution is 0.00578. The minimum atomic E-state index is -0.417. The highest BCUT2D eigenvalue weighted by Gasteiger charge is 2.52. The monoisotopic (exact) mass is 567 g/mol. The number of hydrogen-bond donors (Lipinski definition) is 0. The van der Waals surface area contributed by atoms with Gasteiger partial charge in [0.1, 0.15) is 0 Å². The highest BCUT2D eigenvalue weighted by atomic mass is 16.7. The number of fused-ring (bicyclic) bond motifs is 3. The van der Waals surface area contributed by atoms with E-state index in [-0.39, 0.29) is 16.2 Å². The van der Waals surface area contributed by atoms with Gasteiger partial charge in [0, 0.05) is 16.5 Å². The molecule has 42 heavy (non-hydrogen) atoms. The predicted octanol–water partition coefficient (Wildman–Crippen LogP) is 10.0. The van der Waals surface area contributed by atoms with Gasteiger partial charge in [-0.25, -0.2) is 0 Å². The lowest BCUT2D eigenvalue weighted by atomic mass is 9.75. The van der Waals surface area contributed by atoms with Crippen LogP contribution in [0.25, 0.3) is 27.5 Å². The van der Waals surface area contributed by atoms with Crippen LogP contribution in [0.5, 0.6) is 0 Å². The summed E-state index contributed by atoms with van der Waals surface area (Å²) in [5, 5.41) is 2.60. The average molecular weight is 568 g/mol.